The van der Waals surface area contributed by atoms with E-state index < -0.39 is 0 Å². The molecule has 0 bridgehead atoms. The largest absolute Gasteiger partial charge is 0.0622 e. The molecule has 186 valence electrons. The Kier molecular flexibility index (Phi) is 4.28. The second-order valence-corrected chi connectivity index (χ2v) is 11.4. The molecule has 1 aliphatic rings. The van der Waals surface area contributed by atoms with Gasteiger partial charge in [0.2, 0.25) is 0 Å². The zero-order chi connectivity index (χ0) is 26.4. The van der Waals surface area contributed by atoms with Crippen LogP contribution in [0.25, 0.3) is 65.3 Å². The van der Waals surface area contributed by atoms with Gasteiger partial charge in [0, 0.05) is 5.41 Å². The van der Waals surface area contributed by atoms with Gasteiger partial charge in [-0.3, -0.25) is 0 Å². The van der Waals surface area contributed by atoms with Gasteiger partial charge in [0.15, 0.2) is 0 Å². The van der Waals surface area contributed by atoms with Gasteiger partial charge in [0.05, 0.1) is 0 Å². The van der Waals surface area contributed by atoms with Crippen molar-refractivity contribution in [3.8, 4) is 22.3 Å². The van der Waals surface area contributed by atoms with Crippen molar-refractivity contribution >= 4 is 43.1 Å². The van der Waals surface area contributed by atoms with Crippen LogP contribution in [0.5, 0.6) is 0 Å². The number of fused-ring (bicyclic) bond motifs is 5. The van der Waals surface area contributed by atoms with Crippen LogP contribution in [-0.2, 0) is 5.41 Å². The lowest BCUT2D eigenvalue weighted by Gasteiger charge is -2.30. The van der Waals surface area contributed by atoms with E-state index in [2.05, 4.69) is 146 Å². The molecule has 1 atom stereocenters. The number of hydrogen-bond acceptors (Lipinski definition) is 0. The molecule has 1 aliphatic carbocycles. The van der Waals surface area contributed by atoms with Crippen LogP contribution < -0.4 is 0 Å². The Hall–Kier alpha value is -4.94. The highest BCUT2D eigenvalue weighted by Gasteiger charge is 2.42. The molecule has 8 aromatic rings. The Labute approximate surface area is 233 Å². The average Bonchev–Trinajstić information content (AvgIpc) is 3.29. The molecule has 0 heteroatoms. The molecule has 1 unspecified atom stereocenters. The Morgan fingerprint density at radius 1 is 0.425 bits per heavy atom. The van der Waals surface area contributed by atoms with E-state index in [0.717, 1.165) is 0 Å². The molecular formula is C40H26. The molecule has 0 aromatic heterocycles. The van der Waals surface area contributed by atoms with Gasteiger partial charge < -0.3 is 0 Å². The maximum absolute atomic E-state index is 2.48. The SMILES string of the molecule is CC1(c2ccccc2)c2cc(-c3ccc4ccc5cccc6ccc3c4c56)ccc2-c2ccc3ccccc3c21. The van der Waals surface area contributed by atoms with Crippen LogP contribution in [0.1, 0.15) is 23.6 Å². The average molecular weight is 507 g/mol. The number of benzene rings is 8. The summed E-state index contributed by atoms with van der Waals surface area (Å²) < 4.78 is 0. The quantitative estimate of drug-likeness (QED) is 0.205. The first-order valence-electron chi connectivity index (χ1n) is 14.1. The van der Waals surface area contributed by atoms with Crippen molar-refractivity contribution in [2.45, 2.75) is 12.3 Å². The van der Waals surface area contributed by atoms with Crippen LogP contribution in [0, 0.1) is 0 Å². The van der Waals surface area contributed by atoms with E-state index in [1.165, 1.54) is 82.0 Å². The molecule has 8 aromatic carbocycles. The summed E-state index contributed by atoms with van der Waals surface area (Å²) in [6.07, 6.45) is 0. The summed E-state index contributed by atoms with van der Waals surface area (Å²) in [5.41, 5.74) is 9.13. The minimum absolute atomic E-state index is 0.257. The third-order valence-corrected chi connectivity index (χ3v) is 9.47. The minimum atomic E-state index is -0.257. The van der Waals surface area contributed by atoms with E-state index in [-0.39, 0.29) is 5.41 Å². The first-order chi connectivity index (χ1) is 19.7. The summed E-state index contributed by atoms with van der Waals surface area (Å²) >= 11 is 0. The van der Waals surface area contributed by atoms with E-state index in [4.69, 9.17) is 0 Å². The van der Waals surface area contributed by atoms with Crippen molar-refractivity contribution in [2.24, 2.45) is 0 Å². The second kappa shape index (κ2) is 7.81. The minimum Gasteiger partial charge on any atom is -0.0622 e. The topological polar surface area (TPSA) is 0 Å². The molecule has 0 saturated carbocycles. The smallest absolute Gasteiger partial charge is 0.0441 e. The lowest BCUT2D eigenvalue weighted by atomic mass is 9.72. The maximum atomic E-state index is 2.48. The molecule has 0 saturated heterocycles. The second-order valence-electron chi connectivity index (χ2n) is 11.4. The summed E-state index contributed by atoms with van der Waals surface area (Å²) in [5.74, 6) is 0. The highest BCUT2D eigenvalue weighted by molar-refractivity contribution is 6.25. The van der Waals surface area contributed by atoms with Crippen LogP contribution in [0.15, 0.2) is 140 Å². The first-order valence-corrected chi connectivity index (χ1v) is 14.1. The van der Waals surface area contributed by atoms with E-state index in [1.807, 2.05) is 0 Å². The molecule has 0 fully saturated rings. The summed E-state index contributed by atoms with van der Waals surface area (Å²) in [5, 5.41) is 10.6. The molecule has 0 heterocycles. The molecule has 40 heavy (non-hydrogen) atoms. The molecule has 0 radical (unpaired) electrons. The van der Waals surface area contributed by atoms with Crippen molar-refractivity contribution in [3.63, 3.8) is 0 Å². The highest BCUT2D eigenvalue weighted by atomic mass is 14.4. The fourth-order valence-corrected chi connectivity index (χ4v) is 7.59. The van der Waals surface area contributed by atoms with Crippen molar-refractivity contribution in [1.29, 1.82) is 0 Å². The van der Waals surface area contributed by atoms with Gasteiger partial charge in [0.25, 0.3) is 0 Å². The third kappa shape index (κ3) is 2.75. The predicted octanol–water partition coefficient (Wildman–Crippen LogP) is 10.7. The lowest BCUT2D eigenvalue weighted by Crippen LogP contribution is -2.22. The van der Waals surface area contributed by atoms with Crippen molar-refractivity contribution in [1.82, 2.24) is 0 Å². The maximum Gasteiger partial charge on any atom is 0.0441 e. The Morgan fingerprint density at radius 3 is 1.90 bits per heavy atom. The summed E-state index contributed by atoms with van der Waals surface area (Å²) in [7, 11) is 0. The summed E-state index contributed by atoms with van der Waals surface area (Å²) in [6, 6.07) is 52.1. The van der Waals surface area contributed by atoms with Gasteiger partial charge in [-0.25, -0.2) is 0 Å². The van der Waals surface area contributed by atoms with E-state index in [9.17, 15) is 0 Å². The molecule has 0 amide bonds. The predicted molar refractivity (Wildman–Crippen MR) is 171 cm³/mol. The Balaban J connectivity index is 1.35. The first kappa shape index (κ1) is 21.9. The zero-order valence-corrected chi connectivity index (χ0v) is 22.3. The highest BCUT2D eigenvalue weighted by Crippen LogP contribution is 2.55. The van der Waals surface area contributed by atoms with Crippen molar-refractivity contribution < 1.29 is 0 Å². The van der Waals surface area contributed by atoms with Crippen LogP contribution in [0.4, 0.5) is 0 Å². The third-order valence-electron chi connectivity index (χ3n) is 9.47. The fraction of sp³-hybridized carbons (Fsp3) is 0.0500. The molecular weight excluding hydrogens is 480 g/mol. The molecule has 0 spiro atoms. The standard InChI is InChI=1S/C40H26/c1-40(30-11-3-2-4-12-30)36-24-29(19-21-33(36)35-23-16-25-8-5-6-13-32(25)39(35)40)31-20-17-28-15-14-26-9-7-10-27-18-22-34(31)38(28)37(26)27/h2-24H,1H3. The number of hydrogen-bond donors (Lipinski definition) is 0. The number of rotatable bonds is 2. The van der Waals surface area contributed by atoms with Gasteiger partial charge in [-0.15, -0.1) is 0 Å². The van der Waals surface area contributed by atoms with Gasteiger partial charge in [-0.05, 0) is 95.0 Å². The van der Waals surface area contributed by atoms with Crippen LogP contribution in [0.2, 0.25) is 0 Å². The van der Waals surface area contributed by atoms with E-state index in [0.29, 0.717) is 0 Å². The molecule has 0 aliphatic heterocycles. The summed E-state index contributed by atoms with van der Waals surface area (Å²) in [6.45, 7) is 2.42. The Morgan fingerprint density at radius 2 is 1.05 bits per heavy atom. The van der Waals surface area contributed by atoms with Gasteiger partial charge >= 0.3 is 0 Å². The normalized spacial score (nSPS) is 16.2. The molecule has 0 nitrogen and oxygen atoms in total. The molecule has 9 rings (SSSR count). The van der Waals surface area contributed by atoms with Crippen molar-refractivity contribution in [3.05, 3.63) is 156 Å². The summed E-state index contributed by atoms with van der Waals surface area (Å²) in [4.78, 5) is 0. The van der Waals surface area contributed by atoms with Crippen LogP contribution in [-0.4, -0.2) is 0 Å². The van der Waals surface area contributed by atoms with Gasteiger partial charge in [-0.1, -0.05) is 133 Å². The van der Waals surface area contributed by atoms with Crippen LogP contribution in [0.3, 0.4) is 0 Å². The van der Waals surface area contributed by atoms with E-state index >= 15 is 0 Å². The monoisotopic (exact) mass is 506 g/mol. The molecule has 0 N–H and O–H groups in total. The fourth-order valence-electron chi connectivity index (χ4n) is 7.59. The van der Waals surface area contributed by atoms with Crippen LogP contribution >= 0.6 is 0 Å². The van der Waals surface area contributed by atoms with Crippen molar-refractivity contribution in [2.75, 3.05) is 0 Å². The van der Waals surface area contributed by atoms with E-state index in [1.54, 1.807) is 0 Å². The lowest BCUT2D eigenvalue weighted by molar-refractivity contribution is 0.720. The van der Waals surface area contributed by atoms with Gasteiger partial charge in [0.1, 0.15) is 0 Å². The Bertz CT molecular complexity index is 2260. The van der Waals surface area contributed by atoms with Gasteiger partial charge in [-0.2, -0.15) is 0 Å². The zero-order valence-electron chi connectivity index (χ0n) is 22.3.